The van der Waals surface area contributed by atoms with E-state index in [-0.39, 0.29) is 11.4 Å². The molecule has 3 nitrogen and oxygen atoms in total. The molecule has 0 radical (unpaired) electrons. The van der Waals surface area contributed by atoms with Crippen molar-refractivity contribution in [1.82, 2.24) is 0 Å². The number of aromatic carboxylic acids is 1. The summed E-state index contributed by atoms with van der Waals surface area (Å²) >= 11 is 0. The van der Waals surface area contributed by atoms with Crippen LogP contribution in [0.4, 0.5) is 4.39 Å². The Morgan fingerprint density at radius 2 is 1.86 bits per heavy atom. The second-order valence-corrected chi connectivity index (χ2v) is 7.57. The molecule has 0 fully saturated rings. The second kappa shape index (κ2) is 7.12. The Balaban J connectivity index is 1.62. The number of carboxylic acids is 1. The van der Waals surface area contributed by atoms with E-state index in [0.29, 0.717) is 6.42 Å². The fourth-order valence-corrected chi connectivity index (χ4v) is 3.79. The monoisotopic (exact) mass is 376 g/mol. The van der Waals surface area contributed by atoms with E-state index < -0.39 is 11.6 Å². The van der Waals surface area contributed by atoms with Crippen LogP contribution in [0.1, 0.15) is 34.8 Å². The van der Waals surface area contributed by atoms with E-state index in [4.69, 9.17) is 4.74 Å². The van der Waals surface area contributed by atoms with Crippen molar-refractivity contribution in [3.63, 3.8) is 0 Å². The third kappa shape index (κ3) is 3.77. The summed E-state index contributed by atoms with van der Waals surface area (Å²) in [5.74, 6) is -0.375. The van der Waals surface area contributed by atoms with Crippen LogP contribution in [0, 0.1) is 5.82 Å². The van der Waals surface area contributed by atoms with Crippen LogP contribution in [0.25, 0.3) is 11.1 Å². The van der Waals surface area contributed by atoms with Crippen molar-refractivity contribution in [2.24, 2.45) is 0 Å². The Hall–Kier alpha value is -3.14. The number of rotatable bonds is 4. The highest BCUT2D eigenvalue weighted by Gasteiger charge is 2.32. The van der Waals surface area contributed by atoms with Gasteiger partial charge in [-0.15, -0.1) is 0 Å². The fourth-order valence-electron chi connectivity index (χ4n) is 3.79. The number of aryl methyl sites for hydroxylation is 1. The van der Waals surface area contributed by atoms with Crippen LogP contribution in [-0.4, -0.2) is 16.7 Å². The predicted octanol–water partition coefficient (Wildman–Crippen LogP) is 5.52. The average Bonchev–Trinajstić information content (AvgIpc) is 2.67. The van der Waals surface area contributed by atoms with Gasteiger partial charge in [0.1, 0.15) is 17.2 Å². The van der Waals surface area contributed by atoms with Gasteiger partial charge in [-0.2, -0.15) is 0 Å². The molecule has 1 heterocycles. The minimum Gasteiger partial charge on any atom is -0.487 e. The van der Waals surface area contributed by atoms with Gasteiger partial charge >= 0.3 is 5.97 Å². The fraction of sp³-hybridized carbons (Fsp3) is 0.208. The Bertz CT molecular complexity index is 1040. The van der Waals surface area contributed by atoms with Gasteiger partial charge in [0.15, 0.2) is 0 Å². The van der Waals surface area contributed by atoms with Crippen LogP contribution in [0.15, 0.2) is 66.7 Å². The summed E-state index contributed by atoms with van der Waals surface area (Å²) in [4.78, 5) is 11.2. The zero-order valence-corrected chi connectivity index (χ0v) is 15.6. The second-order valence-electron chi connectivity index (χ2n) is 7.57. The van der Waals surface area contributed by atoms with E-state index in [1.807, 2.05) is 30.3 Å². The summed E-state index contributed by atoms with van der Waals surface area (Å²) in [6, 6.07) is 19.5. The van der Waals surface area contributed by atoms with Crippen molar-refractivity contribution in [2.45, 2.75) is 31.8 Å². The van der Waals surface area contributed by atoms with Gasteiger partial charge in [-0.05, 0) is 72.4 Å². The topological polar surface area (TPSA) is 46.5 Å². The third-order valence-electron chi connectivity index (χ3n) is 5.26. The Morgan fingerprint density at radius 1 is 1.07 bits per heavy atom. The molecule has 1 atom stereocenters. The number of hydrogen-bond donors (Lipinski definition) is 1. The summed E-state index contributed by atoms with van der Waals surface area (Å²) in [5, 5.41) is 9.23. The van der Waals surface area contributed by atoms with Crippen LogP contribution in [0.2, 0.25) is 0 Å². The molecule has 1 unspecified atom stereocenters. The first kappa shape index (κ1) is 18.2. The first-order valence-electron chi connectivity index (χ1n) is 9.32. The molecule has 142 valence electrons. The molecule has 0 aromatic heterocycles. The van der Waals surface area contributed by atoms with Gasteiger partial charge in [-0.1, -0.05) is 36.4 Å². The highest BCUT2D eigenvalue weighted by molar-refractivity contribution is 5.89. The zero-order chi connectivity index (χ0) is 19.7. The Labute approximate surface area is 163 Å². The average molecular weight is 376 g/mol. The molecule has 3 aromatic carbocycles. The molecule has 1 N–H and O–H groups in total. The van der Waals surface area contributed by atoms with Crippen LogP contribution in [-0.2, 0) is 12.8 Å². The molecule has 1 aliphatic rings. The molecule has 0 saturated carbocycles. The highest BCUT2D eigenvalue weighted by Crippen LogP contribution is 2.38. The molecule has 0 spiro atoms. The standard InChI is InChI=1S/C24H21FO3/c1-24(15-16-4-2-7-21(25)12-16)11-10-17-8-9-19(14-22(17)28-24)18-5-3-6-20(13-18)23(26)27/h2-9,12-14H,10-11,15H2,1H3,(H,26,27). The zero-order valence-electron chi connectivity index (χ0n) is 15.6. The SMILES string of the molecule is CC1(Cc2cccc(F)c2)CCc2ccc(-c3cccc(C(=O)O)c3)cc2O1. The van der Waals surface area contributed by atoms with Gasteiger partial charge in [-0.25, -0.2) is 9.18 Å². The third-order valence-corrected chi connectivity index (χ3v) is 5.26. The van der Waals surface area contributed by atoms with Crippen LogP contribution in [0.5, 0.6) is 5.75 Å². The first-order chi connectivity index (χ1) is 13.4. The van der Waals surface area contributed by atoms with Crippen LogP contribution >= 0.6 is 0 Å². The minimum absolute atomic E-state index is 0.238. The lowest BCUT2D eigenvalue weighted by Gasteiger charge is -2.36. The molecule has 3 aromatic rings. The van der Waals surface area contributed by atoms with E-state index in [2.05, 4.69) is 6.92 Å². The normalized spacial score (nSPS) is 18.2. The summed E-state index contributed by atoms with van der Waals surface area (Å²) < 4.78 is 19.9. The van der Waals surface area contributed by atoms with Gasteiger partial charge in [0, 0.05) is 6.42 Å². The van der Waals surface area contributed by atoms with Gasteiger partial charge in [0.25, 0.3) is 0 Å². The molecule has 0 amide bonds. The number of carbonyl (C=O) groups is 1. The number of hydrogen-bond acceptors (Lipinski definition) is 2. The number of benzene rings is 3. The van der Waals surface area contributed by atoms with E-state index >= 15 is 0 Å². The number of halogens is 1. The van der Waals surface area contributed by atoms with Gasteiger partial charge < -0.3 is 9.84 Å². The molecule has 0 saturated heterocycles. The van der Waals surface area contributed by atoms with Crippen molar-refractivity contribution in [3.05, 3.63) is 89.2 Å². The van der Waals surface area contributed by atoms with Crippen LogP contribution < -0.4 is 4.74 Å². The van der Waals surface area contributed by atoms with E-state index in [0.717, 1.165) is 40.8 Å². The molecule has 4 heteroatoms. The number of ether oxygens (including phenoxy) is 1. The molecular weight excluding hydrogens is 355 g/mol. The first-order valence-corrected chi connectivity index (χ1v) is 9.32. The Morgan fingerprint density at radius 3 is 2.64 bits per heavy atom. The van der Waals surface area contributed by atoms with Gasteiger partial charge in [-0.3, -0.25) is 0 Å². The van der Waals surface area contributed by atoms with E-state index in [1.165, 1.54) is 6.07 Å². The molecule has 4 rings (SSSR count). The maximum Gasteiger partial charge on any atom is 0.335 e. The Kier molecular flexibility index (Phi) is 4.63. The molecule has 28 heavy (non-hydrogen) atoms. The molecule has 0 aliphatic carbocycles. The van der Waals surface area contributed by atoms with Gasteiger partial charge in [0.05, 0.1) is 5.56 Å². The smallest absolute Gasteiger partial charge is 0.335 e. The summed E-state index contributed by atoms with van der Waals surface area (Å²) in [5.41, 5.74) is 3.64. The van der Waals surface area contributed by atoms with E-state index in [1.54, 1.807) is 30.3 Å². The lowest BCUT2D eigenvalue weighted by molar-refractivity contribution is 0.0654. The van der Waals surface area contributed by atoms with Crippen molar-refractivity contribution in [2.75, 3.05) is 0 Å². The maximum absolute atomic E-state index is 13.5. The lowest BCUT2D eigenvalue weighted by Crippen LogP contribution is -2.38. The molecule has 0 bridgehead atoms. The predicted molar refractivity (Wildman–Crippen MR) is 106 cm³/mol. The van der Waals surface area contributed by atoms with Crippen molar-refractivity contribution < 1.29 is 19.0 Å². The largest absolute Gasteiger partial charge is 0.487 e. The van der Waals surface area contributed by atoms with Crippen molar-refractivity contribution >= 4 is 5.97 Å². The van der Waals surface area contributed by atoms with E-state index in [9.17, 15) is 14.3 Å². The van der Waals surface area contributed by atoms with Crippen molar-refractivity contribution in [1.29, 1.82) is 0 Å². The number of carboxylic acid groups (broad SMARTS) is 1. The molecule has 1 aliphatic heterocycles. The maximum atomic E-state index is 13.5. The lowest BCUT2D eigenvalue weighted by atomic mass is 9.86. The molecular formula is C24H21FO3. The van der Waals surface area contributed by atoms with Crippen LogP contribution in [0.3, 0.4) is 0 Å². The van der Waals surface area contributed by atoms with Gasteiger partial charge in [0.2, 0.25) is 0 Å². The number of fused-ring (bicyclic) bond motifs is 1. The highest BCUT2D eigenvalue weighted by atomic mass is 19.1. The summed E-state index contributed by atoms with van der Waals surface area (Å²) in [6.07, 6.45) is 2.36. The quantitative estimate of drug-likeness (QED) is 0.652. The summed E-state index contributed by atoms with van der Waals surface area (Å²) in [7, 11) is 0. The van der Waals surface area contributed by atoms with Crippen molar-refractivity contribution in [3.8, 4) is 16.9 Å². The summed E-state index contributed by atoms with van der Waals surface area (Å²) in [6.45, 7) is 2.05. The minimum atomic E-state index is -0.946.